The van der Waals surface area contributed by atoms with E-state index in [0.29, 0.717) is 18.7 Å². The molecule has 0 aromatic heterocycles. The topological polar surface area (TPSA) is 41.6 Å². The summed E-state index contributed by atoms with van der Waals surface area (Å²) in [5, 5.41) is 2.97. The van der Waals surface area contributed by atoms with Gasteiger partial charge >= 0.3 is 0 Å². The third-order valence-corrected chi connectivity index (χ3v) is 4.77. The Hall–Kier alpha value is -1.69. The molecule has 1 fully saturated rings. The van der Waals surface area contributed by atoms with Crippen LogP contribution in [0.15, 0.2) is 59.1 Å². The van der Waals surface area contributed by atoms with Crippen LogP contribution in [-0.4, -0.2) is 43.2 Å². The molecule has 1 amide bonds. The van der Waals surface area contributed by atoms with E-state index in [4.69, 9.17) is 4.74 Å². The molecule has 5 heteroatoms. The van der Waals surface area contributed by atoms with Gasteiger partial charge in [0.15, 0.2) is 0 Å². The minimum absolute atomic E-state index is 0.0221. The summed E-state index contributed by atoms with van der Waals surface area (Å²) in [6.45, 7) is 3.88. The number of rotatable bonds is 5. The second-order valence-corrected chi connectivity index (χ2v) is 6.76. The summed E-state index contributed by atoms with van der Waals surface area (Å²) in [6, 6.07) is 17.9. The molecule has 0 aliphatic carbocycles. The molecule has 1 N–H and O–H groups in total. The van der Waals surface area contributed by atoms with E-state index in [1.807, 2.05) is 30.3 Å². The summed E-state index contributed by atoms with van der Waals surface area (Å²) >= 11 is 3.41. The minimum atomic E-state index is -0.0775. The molecule has 126 valence electrons. The molecule has 2 aromatic rings. The quantitative estimate of drug-likeness (QED) is 0.855. The predicted octanol–water partition coefficient (Wildman–Crippen LogP) is 3.08. The molecular weight excluding hydrogens is 368 g/mol. The van der Waals surface area contributed by atoms with E-state index in [9.17, 15) is 4.79 Å². The van der Waals surface area contributed by atoms with Crippen LogP contribution in [0, 0.1) is 0 Å². The number of halogens is 1. The van der Waals surface area contributed by atoms with Crippen molar-refractivity contribution in [1.29, 1.82) is 0 Å². The van der Waals surface area contributed by atoms with Crippen molar-refractivity contribution < 1.29 is 9.53 Å². The number of carbonyl (C=O) groups is 1. The third-order valence-electron chi connectivity index (χ3n) is 4.08. The predicted molar refractivity (Wildman–Crippen MR) is 97.9 cm³/mol. The zero-order valence-corrected chi connectivity index (χ0v) is 15.0. The minimum Gasteiger partial charge on any atom is -0.374 e. The average Bonchev–Trinajstić information content (AvgIpc) is 2.61. The molecule has 4 nitrogen and oxygen atoms in total. The largest absolute Gasteiger partial charge is 0.374 e. The van der Waals surface area contributed by atoms with E-state index >= 15 is 0 Å². The van der Waals surface area contributed by atoms with Gasteiger partial charge in [-0.25, -0.2) is 0 Å². The maximum absolute atomic E-state index is 12.3. The van der Waals surface area contributed by atoms with Gasteiger partial charge in [0.05, 0.1) is 18.3 Å². The molecule has 1 saturated heterocycles. The van der Waals surface area contributed by atoms with Gasteiger partial charge in [-0.15, -0.1) is 0 Å². The third kappa shape index (κ3) is 4.66. The molecule has 1 unspecified atom stereocenters. The highest BCUT2D eigenvalue weighted by atomic mass is 79.9. The summed E-state index contributed by atoms with van der Waals surface area (Å²) in [4.78, 5) is 14.6. The highest BCUT2D eigenvalue weighted by Crippen LogP contribution is 2.16. The van der Waals surface area contributed by atoms with E-state index < -0.39 is 0 Å². The molecule has 1 aliphatic heterocycles. The van der Waals surface area contributed by atoms with Gasteiger partial charge in [0.25, 0.3) is 5.91 Å². The fraction of sp³-hybridized carbons (Fsp3) is 0.316. The van der Waals surface area contributed by atoms with E-state index in [-0.39, 0.29) is 12.0 Å². The van der Waals surface area contributed by atoms with Crippen molar-refractivity contribution in [2.75, 3.05) is 26.2 Å². The van der Waals surface area contributed by atoms with Crippen molar-refractivity contribution >= 4 is 21.8 Å². The number of hydrogen-bond donors (Lipinski definition) is 1. The Morgan fingerprint density at radius 1 is 1.17 bits per heavy atom. The van der Waals surface area contributed by atoms with Gasteiger partial charge < -0.3 is 10.1 Å². The molecule has 1 aliphatic rings. The fourth-order valence-corrected chi connectivity index (χ4v) is 3.30. The normalized spacial score (nSPS) is 18.3. The first-order chi connectivity index (χ1) is 11.7. The monoisotopic (exact) mass is 388 g/mol. The Kier molecular flexibility index (Phi) is 6.01. The first-order valence-electron chi connectivity index (χ1n) is 8.13. The lowest BCUT2D eigenvalue weighted by Crippen LogP contribution is -2.47. The maximum atomic E-state index is 12.3. The number of amides is 1. The molecule has 0 saturated carbocycles. The number of ether oxygens (including phenoxy) is 1. The van der Waals surface area contributed by atoms with Crippen LogP contribution in [0.1, 0.15) is 15.9 Å². The lowest BCUT2D eigenvalue weighted by Gasteiger charge is -2.33. The van der Waals surface area contributed by atoms with Crippen LogP contribution in [0.2, 0.25) is 0 Å². The number of nitrogens with one attached hydrogen (secondary N) is 1. The average molecular weight is 389 g/mol. The summed E-state index contributed by atoms with van der Waals surface area (Å²) in [7, 11) is 0. The number of nitrogens with zero attached hydrogens (tertiary/aromatic N) is 1. The molecule has 24 heavy (non-hydrogen) atoms. The van der Waals surface area contributed by atoms with Crippen LogP contribution in [0.3, 0.4) is 0 Å². The summed E-state index contributed by atoms with van der Waals surface area (Å²) in [5.41, 5.74) is 1.95. The molecule has 2 aromatic carbocycles. The van der Waals surface area contributed by atoms with Gasteiger partial charge in [-0.2, -0.15) is 0 Å². The number of benzene rings is 2. The molecule has 0 bridgehead atoms. The Balaban J connectivity index is 1.50. The zero-order chi connectivity index (χ0) is 16.8. The Morgan fingerprint density at radius 2 is 1.92 bits per heavy atom. The molecule has 3 rings (SSSR count). The van der Waals surface area contributed by atoms with Gasteiger partial charge in [0, 0.05) is 30.7 Å². The van der Waals surface area contributed by atoms with Gasteiger partial charge in [0.2, 0.25) is 0 Å². The van der Waals surface area contributed by atoms with E-state index in [1.54, 1.807) is 0 Å². The summed E-state index contributed by atoms with van der Waals surface area (Å²) in [6.07, 6.45) is 0.0221. The Bertz CT molecular complexity index is 678. The summed E-state index contributed by atoms with van der Waals surface area (Å²) < 4.78 is 6.60. The first-order valence-corrected chi connectivity index (χ1v) is 8.92. The second-order valence-electron chi connectivity index (χ2n) is 5.90. The van der Waals surface area contributed by atoms with Crippen LogP contribution < -0.4 is 5.32 Å². The van der Waals surface area contributed by atoms with E-state index in [1.165, 1.54) is 5.56 Å². The fourth-order valence-electron chi connectivity index (χ4n) is 2.84. The van der Waals surface area contributed by atoms with Gasteiger partial charge in [0.1, 0.15) is 0 Å². The Labute approximate surface area is 150 Å². The van der Waals surface area contributed by atoms with Crippen LogP contribution in [-0.2, 0) is 11.3 Å². The number of hydrogen-bond acceptors (Lipinski definition) is 3. The van der Waals surface area contributed by atoms with Crippen molar-refractivity contribution in [3.63, 3.8) is 0 Å². The van der Waals surface area contributed by atoms with Crippen LogP contribution >= 0.6 is 15.9 Å². The van der Waals surface area contributed by atoms with Crippen molar-refractivity contribution in [2.45, 2.75) is 12.6 Å². The highest BCUT2D eigenvalue weighted by molar-refractivity contribution is 9.10. The highest BCUT2D eigenvalue weighted by Gasteiger charge is 2.21. The van der Waals surface area contributed by atoms with Crippen molar-refractivity contribution in [2.24, 2.45) is 0 Å². The molecule has 0 spiro atoms. The smallest absolute Gasteiger partial charge is 0.252 e. The first kappa shape index (κ1) is 17.1. The maximum Gasteiger partial charge on any atom is 0.252 e. The van der Waals surface area contributed by atoms with E-state index in [2.05, 4.69) is 50.4 Å². The number of carbonyl (C=O) groups excluding carboxylic acids is 1. The van der Waals surface area contributed by atoms with Crippen LogP contribution in [0.4, 0.5) is 0 Å². The molecule has 1 atom stereocenters. The van der Waals surface area contributed by atoms with Crippen LogP contribution in [0.25, 0.3) is 0 Å². The van der Waals surface area contributed by atoms with Crippen molar-refractivity contribution in [3.8, 4) is 0 Å². The van der Waals surface area contributed by atoms with Gasteiger partial charge in [-0.1, -0.05) is 42.5 Å². The summed E-state index contributed by atoms with van der Waals surface area (Å²) in [5.74, 6) is -0.0775. The van der Waals surface area contributed by atoms with Gasteiger partial charge in [-0.3, -0.25) is 9.69 Å². The zero-order valence-electron chi connectivity index (χ0n) is 13.5. The lowest BCUT2D eigenvalue weighted by atomic mass is 10.2. The standard InChI is InChI=1S/C19H21BrN2O2/c20-18-9-5-4-8-17(18)19(23)21-12-16-14-22(10-11-24-16)13-15-6-2-1-3-7-15/h1-9,16H,10-14H2,(H,21,23). The van der Waals surface area contributed by atoms with Gasteiger partial charge in [-0.05, 0) is 33.6 Å². The second kappa shape index (κ2) is 8.42. The lowest BCUT2D eigenvalue weighted by molar-refractivity contribution is -0.0292. The number of morpholine rings is 1. The van der Waals surface area contributed by atoms with Crippen molar-refractivity contribution in [3.05, 3.63) is 70.2 Å². The molecular formula is C19H21BrN2O2. The Morgan fingerprint density at radius 3 is 2.71 bits per heavy atom. The van der Waals surface area contributed by atoms with E-state index in [0.717, 1.165) is 24.1 Å². The SMILES string of the molecule is O=C(NCC1CN(Cc2ccccc2)CCO1)c1ccccc1Br. The molecule has 1 heterocycles. The van der Waals surface area contributed by atoms with Crippen LogP contribution in [0.5, 0.6) is 0 Å². The molecule has 0 radical (unpaired) electrons. The van der Waals surface area contributed by atoms with Crippen molar-refractivity contribution in [1.82, 2.24) is 10.2 Å².